The summed E-state index contributed by atoms with van der Waals surface area (Å²) in [6.07, 6.45) is 1.32. The topological polar surface area (TPSA) is 84.7 Å². The number of benzene rings is 1. The zero-order valence-electron chi connectivity index (χ0n) is 13.7. The molecule has 23 heavy (non-hydrogen) atoms. The molecule has 0 aromatic heterocycles. The molecule has 0 unspecified atom stereocenters. The van der Waals surface area contributed by atoms with E-state index in [1.807, 2.05) is 13.0 Å². The number of likely N-dealkylation sites (tertiary alicyclic amines) is 1. The van der Waals surface area contributed by atoms with Gasteiger partial charge in [0.25, 0.3) is 0 Å². The highest BCUT2D eigenvalue weighted by atomic mass is 16.6. The molecule has 0 aliphatic carbocycles. The van der Waals surface area contributed by atoms with Crippen LogP contribution in [0.2, 0.25) is 0 Å². The molecule has 0 bridgehead atoms. The molecule has 1 aliphatic rings. The van der Waals surface area contributed by atoms with Gasteiger partial charge in [-0.1, -0.05) is 6.07 Å². The standard InChI is InChI=1S/C16H23N3O4/c1-4-23-15-7-5-12(9-14(15)19(21)22)11(2)17-13-6-8-16(20)18(3)10-13/h5,7,9,11,13,17H,4,6,8,10H2,1-3H3/t11-,13-/m1/s1. The number of nitro benzene ring substituents is 1. The zero-order chi connectivity index (χ0) is 17.0. The molecule has 1 heterocycles. The quantitative estimate of drug-likeness (QED) is 0.642. The maximum atomic E-state index is 11.5. The predicted octanol–water partition coefficient (Wildman–Crippen LogP) is 2.26. The number of hydrogen-bond donors (Lipinski definition) is 1. The first-order valence-corrected chi connectivity index (χ1v) is 7.83. The summed E-state index contributed by atoms with van der Waals surface area (Å²) in [5, 5.41) is 14.6. The first kappa shape index (κ1) is 17.2. The third-order valence-electron chi connectivity index (χ3n) is 4.09. The second kappa shape index (κ2) is 7.41. The van der Waals surface area contributed by atoms with Gasteiger partial charge in [0.05, 0.1) is 11.5 Å². The van der Waals surface area contributed by atoms with Crippen LogP contribution in [0.1, 0.15) is 38.3 Å². The second-order valence-electron chi connectivity index (χ2n) is 5.82. The SMILES string of the molecule is CCOc1ccc([C@@H](C)N[C@@H]2CCC(=O)N(C)C2)cc1[N+](=O)[O-]. The monoisotopic (exact) mass is 321 g/mol. The van der Waals surface area contributed by atoms with E-state index in [1.165, 1.54) is 0 Å². The van der Waals surface area contributed by atoms with Gasteiger partial charge >= 0.3 is 5.69 Å². The van der Waals surface area contributed by atoms with Crippen LogP contribution in [0.4, 0.5) is 5.69 Å². The van der Waals surface area contributed by atoms with Crippen LogP contribution in [0.15, 0.2) is 18.2 Å². The Hall–Kier alpha value is -2.15. The molecule has 0 radical (unpaired) electrons. The Labute approximate surface area is 135 Å². The Balaban J connectivity index is 2.10. The normalized spacial score (nSPS) is 19.5. The van der Waals surface area contributed by atoms with Gasteiger partial charge in [0.1, 0.15) is 0 Å². The Morgan fingerprint density at radius 2 is 2.26 bits per heavy atom. The molecule has 7 heteroatoms. The number of likely N-dealkylation sites (N-methyl/N-ethyl adjacent to an activating group) is 1. The van der Waals surface area contributed by atoms with E-state index in [0.29, 0.717) is 19.6 Å². The van der Waals surface area contributed by atoms with E-state index in [2.05, 4.69) is 5.32 Å². The summed E-state index contributed by atoms with van der Waals surface area (Å²) < 4.78 is 5.30. The van der Waals surface area contributed by atoms with Crippen molar-refractivity contribution in [3.05, 3.63) is 33.9 Å². The molecule has 1 fully saturated rings. The molecule has 126 valence electrons. The number of carbonyl (C=O) groups is 1. The van der Waals surface area contributed by atoms with Crippen molar-refractivity contribution in [2.45, 2.75) is 38.8 Å². The fraction of sp³-hybridized carbons (Fsp3) is 0.562. The highest BCUT2D eigenvalue weighted by molar-refractivity contribution is 5.76. The van der Waals surface area contributed by atoms with Crippen molar-refractivity contribution in [2.75, 3.05) is 20.2 Å². The number of rotatable bonds is 6. The largest absolute Gasteiger partial charge is 0.487 e. The summed E-state index contributed by atoms with van der Waals surface area (Å²) >= 11 is 0. The van der Waals surface area contributed by atoms with E-state index in [9.17, 15) is 14.9 Å². The molecule has 1 saturated heterocycles. The van der Waals surface area contributed by atoms with Crippen LogP contribution in [0.3, 0.4) is 0 Å². The highest BCUT2D eigenvalue weighted by Gasteiger charge is 2.25. The lowest BCUT2D eigenvalue weighted by Crippen LogP contribution is -2.47. The van der Waals surface area contributed by atoms with Gasteiger partial charge in [0.15, 0.2) is 5.75 Å². The Bertz CT molecular complexity index is 591. The minimum Gasteiger partial charge on any atom is -0.487 e. The lowest BCUT2D eigenvalue weighted by atomic mass is 10.0. The van der Waals surface area contributed by atoms with Crippen molar-refractivity contribution in [1.82, 2.24) is 10.2 Å². The average Bonchev–Trinajstić information content (AvgIpc) is 2.51. The number of piperidine rings is 1. The average molecular weight is 321 g/mol. The Morgan fingerprint density at radius 3 is 2.87 bits per heavy atom. The van der Waals surface area contributed by atoms with Crippen molar-refractivity contribution in [3.63, 3.8) is 0 Å². The molecule has 1 aromatic carbocycles. The van der Waals surface area contributed by atoms with Crippen molar-refractivity contribution in [3.8, 4) is 5.75 Å². The maximum Gasteiger partial charge on any atom is 0.311 e. The maximum absolute atomic E-state index is 11.5. The van der Waals surface area contributed by atoms with Crippen molar-refractivity contribution >= 4 is 11.6 Å². The first-order chi connectivity index (χ1) is 10.9. The van der Waals surface area contributed by atoms with Crippen LogP contribution in [0.25, 0.3) is 0 Å². The smallest absolute Gasteiger partial charge is 0.311 e. The third kappa shape index (κ3) is 4.19. The highest BCUT2D eigenvalue weighted by Crippen LogP contribution is 2.30. The van der Waals surface area contributed by atoms with Crippen LogP contribution in [-0.4, -0.2) is 42.0 Å². The minimum absolute atomic E-state index is 0.0195. The number of nitro groups is 1. The molecule has 0 spiro atoms. The first-order valence-electron chi connectivity index (χ1n) is 7.83. The Morgan fingerprint density at radius 1 is 1.52 bits per heavy atom. The third-order valence-corrected chi connectivity index (χ3v) is 4.09. The van der Waals surface area contributed by atoms with Crippen LogP contribution in [-0.2, 0) is 4.79 Å². The van der Waals surface area contributed by atoms with Gasteiger partial charge < -0.3 is 15.0 Å². The van der Waals surface area contributed by atoms with Crippen LogP contribution >= 0.6 is 0 Å². The molecule has 0 saturated carbocycles. The molecule has 1 N–H and O–H groups in total. The lowest BCUT2D eigenvalue weighted by Gasteiger charge is -2.32. The lowest BCUT2D eigenvalue weighted by molar-refractivity contribution is -0.385. The van der Waals surface area contributed by atoms with Crippen LogP contribution in [0.5, 0.6) is 5.75 Å². The summed E-state index contributed by atoms with van der Waals surface area (Å²) in [5.74, 6) is 0.448. The number of amides is 1. The summed E-state index contributed by atoms with van der Waals surface area (Å²) in [4.78, 5) is 24.0. The predicted molar refractivity (Wildman–Crippen MR) is 86.5 cm³/mol. The van der Waals surface area contributed by atoms with Gasteiger partial charge in [-0.3, -0.25) is 14.9 Å². The Kier molecular flexibility index (Phi) is 5.54. The zero-order valence-corrected chi connectivity index (χ0v) is 13.7. The van der Waals surface area contributed by atoms with E-state index in [4.69, 9.17) is 4.74 Å². The summed E-state index contributed by atoms with van der Waals surface area (Å²) in [6, 6.07) is 5.19. The summed E-state index contributed by atoms with van der Waals surface area (Å²) in [5.41, 5.74) is 0.814. The van der Waals surface area contributed by atoms with E-state index >= 15 is 0 Å². The molecule has 2 rings (SSSR count). The molecule has 7 nitrogen and oxygen atoms in total. The molecule has 1 aliphatic heterocycles. The van der Waals surface area contributed by atoms with E-state index in [1.54, 1.807) is 31.0 Å². The fourth-order valence-electron chi connectivity index (χ4n) is 2.82. The van der Waals surface area contributed by atoms with Crippen molar-refractivity contribution < 1.29 is 14.5 Å². The summed E-state index contributed by atoms with van der Waals surface area (Å²) in [7, 11) is 1.79. The van der Waals surface area contributed by atoms with Gasteiger partial charge in [0.2, 0.25) is 5.91 Å². The molecule has 2 atom stereocenters. The molecular formula is C16H23N3O4. The second-order valence-corrected chi connectivity index (χ2v) is 5.82. The van der Waals surface area contributed by atoms with Gasteiger partial charge in [0, 0.05) is 38.2 Å². The van der Waals surface area contributed by atoms with E-state index < -0.39 is 4.92 Å². The minimum atomic E-state index is -0.422. The fourth-order valence-corrected chi connectivity index (χ4v) is 2.82. The number of nitrogens with one attached hydrogen (secondary N) is 1. The molecular weight excluding hydrogens is 298 g/mol. The van der Waals surface area contributed by atoms with Gasteiger partial charge in [-0.05, 0) is 31.9 Å². The van der Waals surface area contributed by atoms with Crippen molar-refractivity contribution in [2.24, 2.45) is 0 Å². The van der Waals surface area contributed by atoms with E-state index in [-0.39, 0.29) is 29.4 Å². The van der Waals surface area contributed by atoms with Gasteiger partial charge in [-0.2, -0.15) is 0 Å². The number of carbonyl (C=O) groups excluding carboxylic acids is 1. The van der Waals surface area contributed by atoms with Gasteiger partial charge in [-0.15, -0.1) is 0 Å². The number of ether oxygens (including phenoxy) is 1. The summed E-state index contributed by atoms with van der Waals surface area (Å²) in [6.45, 7) is 4.80. The molecule has 1 amide bonds. The van der Waals surface area contributed by atoms with Crippen LogP contribution in [0, 0.1) is 10.1 Å². The van der Waals surface area contributed by atoms with Gasteiger partial charge in [-0.25, -0.2) is 0 Å². The molecule has 1 aromatic rings. The number of hydrogen-bond acceptors (Lipinski definition) is 5. The van der Waals surface area contributed by atoms with E-state index in [0.717, 1.165) is 12.0 Å². The number of nitrogens with zero attached hydrogens (tertiary/aromatic N) is 2. The van der Waals surface area contributed by atoms with Crippen LogP contribution < -0.4 is 10.1 Å². The van der Waals surface area contributed by atoms with Crippen molar-refractivity contribution in [1.29, 1.82) is 0 Å².